The van der Waals surface area contributed by atoms with Gasteiger partial charge in [0, 0.05) is 24.6 Å². The molecule has 2 N–H and O–H groups in total. The Labute approximate surface area is 113 Å². The lowest BCUT2D eigenvalue weighted by Crippen LogP contribution is -2.31. The van der Waals surface area contributed by atoms with Crippen LogP contribution in [-0.2, 0) is 0 Å². The summed E-state index contributed by atoms with van der Waals surface area (Å²) < 4.78 is 0. The average molecular weight is 257 g/mol. The molecule has 2 aromatic rings. The fraction of sp³-hybridized carbons (Fsp3) is 0.312. The molecule has 3 heteroatoms. The molecule has 0 aliphatic carbocycles. The Morgan fingerprint density at radius 3 is 2.68 bits per heavy atom. The molecule has 1 atom stereocenters. The van der Waals surface area contributed by atoms with Crippen molar-refractivity contribution in [3.63, 3.8) is 0 Å². The maximum Gasteiger partial charge on any atom is 0.164 e. The number of carbonyl (C=O) groups excluding carboxylic acids is 1. The largest absolute Gasteiger partial charge is 0.395 e. The summed E-state index contributed by atoms with van der Waals surface area (Å²) in [4.78, 5) is 12.1. The molecule has 0 fully saturated rings. The summed E-state index contributed by atoms with van der Waals surface area (Å²) in [6.45, 7) is 2.57. The van der Waals surface area contributed by atoms with Crippen LogP contribution in [0, 0.1) is 0 Å². The number of aliphatic hydroxyl groups excluding tert-OH is 1. The first-order valence-corrected chi connectivity index (χ1v) is 6.57. The van der Waals surface area contributed by atoms with Gasteiger partial charge in [-0.2, -0.15) is 0 Å². The van der Waals surface area contributed by atoms with Crippen molar-refractivity contribution < 1.29 is 9.90 Å². The van der Waals surface area contributed by atoms with Crippen LogP contribution in [0.4, 0.5) is 0 Å². The second-order valence-electron chi connectivity index (χ2n) is 4.77. The van der Waals surface area contributed by atoms with Crippen molar-refractivity contribution in [3.8, 4) is 0 Å². The van der Waals surface area contributed by atoms with Crippen LogP contribution in [-0.4, -0.2) is 30.1 Å². The van der Waals surface area contributed by atoms with E-state index in [0.717, 1.165) is 16.3 Å². The number of hydrogen-bond donors (Lipinski definition) is 2. The van der Waals surface area contributed by atoms with Crippen LogP contribution in [0.5, 0.6) is 0 Å². The third-order valence-electron chi connectivity index (χ3n) is 3.19. The van der Waals surface area contributed by atoms with E-state index in [-0.39, 0.29) is 18.4 Å². The topological polar surface area (TPSA) is 49.3 Å². The zero-order valence-electron chi connectivity index (χ0n) is 11.1. The number of rotatable bonds is 6. The fourth-order valence-electron chi connectivity index (χ4n) is 2.00. The van der Waals surface area contributed by atoms with Crippen LogP contribution in [0.25, 0.3) is 10.8 Å². The van der Waals surface area contributed by atoms with E-state index in [2.05, 4.69) is 5.32 Å². The number of benzene rings is 2. The highest BCUT2D eigenvalue weighted by Gasteiger charge is 2.07. The lowest BCUT2D eigenvalue weighted by Gasteiger charge is -2.10. The normalized spacial score (nSPS) is 12.5. The molecule has 100 valence electrons. The van der Waals surface area contributed by atoms with Crippen molar-refractivity contribution in [2.75, 3.05) is 13.2 Å². The molecule has 1 unspecified atom stereocenters. The van der Waals surface area contributed by atoms with Crippen molar-refractivity contribution in [1.29, 1.82) is 0 Å². The number of nitrogens with one attached hydrogen (secondary N) is 1. The summed E-state index contributed by atoms with van der Waals surface area (Å²) >= 11 is 0. The molecule has 0 amide bonds. The molecule has 0 heterocycles. The summed E-state index contributed by atoms with van der Waals surface area (Å²) in [7, 11) is 0. The molecule has 0 aliphatic heterocycles. The fourth-order valence-corrected chi connectivity index (χ4v) is 2.00. The van der Waals surface area contributed by atoms with Crippen molar-refractivity contribution in [1.82, 2.24) is 5.32 Å². The Bertz CT molecular complexity index is 565. The van der Waals surface area contributed by atoms with Crippen LogP contribution in [0.2, 0.25) is 0 Å². The first-order chi connectivity index (χ1) is 9.20. The lowest BCUT2D eigenvalue weighted by atomic mass is 10.0. The van der Waals surface area contributed by atoms with Crippen molar-refractivity contribution in [2.24, 2.45) is 0 Å². The third kappa shape index (κ3) is 3.63. The molecule has 0 saturated heterocycles. The molecule has 0 bridgehead atoms. The van der Waals surface area contributed by atoms with E-state index in [4.69, 9.17) is 5.11 Å². The van der Waals surface area contributed by atoms with Crippen molar-refractivity contribution in [3.05, 3.63) is 48.0 Å². The van der Waals surface area contributed by atoms with Crippen molar-refractivity contribution >= 4 is 16.6 Å². The van der Waals surface area contributed by atoms with Gasteiger partial charge in [-0.05, 0) is 23.8 Å². The van der Waals surface area contributed by atoms with Crippen LogP contribution >= 0.6 is 0 Å². The van der Waals surface area contributed by atoms with Gasteiger partial charge < -0.3 is 10.4 Å². The SMILES string of the molecule is CC(CO)NCCC(=O)c1ccc2ccccc2c1. The number of Topliss-reactive ketones (excluding diaryl/α,β-unsaturated/α-hetero) is 1. The Kier molecular flexibility index (Phi) is 4.66. The quantitative estimate of drug-likeness (QED) is 0.781. The molecular weight excluding hydrogens is 238 g/mol. The highest BCUT2D eigenvalue weighted by atomic mass is 16.3. The standard InChI is InChI=1S/C16H19NO2/c1-12(11-18)17-9-8-16(19)15-7-6-13-4-2-3-5-14(13)10-15/h2-7,10,12,17-18H,8-9,11H2,1H3. The van der Waals surface area contributed by atoms with Gasteiger partial charge in [0.2, 0.25) is 0 Å². The minimum atomic E-state index is 0.0319. The zero-order valence-corrected chi connectivity index (χ0v) is 11.1. The molecule has 0 saturated carbocycles. The Hall–Kier alpha value is -1.71. The van der Waals surface area contributed by atoms with Gasteiger partial charge in [-0.15, -0.1) is 0 Å². The van der Waals surface area contributed by atoms with Gasteiger partial charge in [0.1, 0.15) is 0 Å². The summed E-state index contributed by atoms with van der Waals surface area (Å²) in [5, 5.41) is 14.2. The average Bonchev–Trinajstić information content (AvgIpc) is 2.46. The summed E-state index contributed by atoms with van der Waals surface area (Å²) in [5.74, 6) is 0.128. The predicted molar refractivity (Wildman–Crippen MR) is 77.4 cm³/mol. The lowest BCUT2D eigenvalue weighted by molar-refractivity contribution is 0.0980. The van der Waals surface area contributed by atoms with Gasteiger partial charge >= 0.3 is 0 Å². The first-order valence-electron chi connectivity index (χ1n) is 6.57. The van der Waals surface area contributed by atoms with E-state index >= 15 is 0 Å². The summed E-state index contributed by atoms with van der Waals surface area (Å²) in [6.07, 6.45) is 0.447. The van der Waals surface area contributed by atoms with Gasteiger partial charge in [0.25, 0.3) is 0 Å². The molecule has 2 rings (SSSR count). The summed E-state index contributed by atoms with van der Waals surface area (Å²) in [5.41, 5.74) is 0.747. The van der Waals surface area contributed by atoms with Gasteiger partial charge in [-0.1, -0.05) is 36.4 Å². The predicted octanol–water partition coefficient (Wildman–Crippen LogP) is 2.38. The Morgan fingerprint density at radius 2 is 1.95 bits per heavy atom. The number of ketones is 1. The van der Waals surface area contributed by atoms with E-state index in [0.29, 0.717) is 13.0 Å². The number of carbonyl (C=O) groups is 1. The maximum atomic E-state index is 12.1. The van der Waals surface area contributed by atoms with Crippen LogP contribution in [0.15, 0.2) is 42.5 Å². The minimum Gasteiger partial charge on any atom is -0.395 e. The molecule has 3 nitrogen and oxygen atoms in total. The Balaban J connectivity index is 2.01. The molecule has 0 spiro atoms. The van der Waals surface area contributed by atoms with Crippen molar-refractivity contribution in [2.45, 2.75) is 19.4 Å². The first kappa shape index (κ1) is 13.7. The second-order valence-corrected chi connectivity index (χ2v) is 4.77. The van der Waals surface area contributed by atoms with Gasteiger partial charge in [-0.3, -0.25) is 4.79 Å². The molecule has 0 aliphatic rings. The van der Waals surface area contributed by atoms with Gasteiger partial charge in [0.15, 0.2) is 5.78 Å². The second kappa shape index (κ2) is 6.45. The zero-order chi connectivity index (χ0) is 13.7. The molecule has 0 radical (unpaired) electrons. The van der Waals surface area contributed by atoms with Crippen LogP contribution < -0.4 is 5.32 Å². The van der Waals surface area contributed by atoms with E-state index in [1.807, 2.05) is 49.4 Å². The van der Waals surface area contributed by atoms with E-state index in [1.165, 1.54) is 0 Å². The number of aliphatic hydroxyl groups is 1. The molecule has 19 heavy (non-hydrogen) atoms. The molecule has 0 aromatic heterocycles. The maximum absolute atomic E-state index is 12.1. The van der Waals surface area contributed by atoms with E-state index < -0.39 is 0 Å². The molecule has 2 aromatic carbocycles. The van der Waals surface area contributed by atoms with Crippen LogP contribution in [0.1, 0.15) is 23.7 Å². The Morgan fingerprint density at radius 1 is 1.21 bits per heavy atom. The highest BCUT2D eigenvalue weighted by molar-refractivity contribution is 6.00. The van der Waals surface area contributed by atoms with E-state index in [9.17, 15) is 4.79 Å². The summed E-state index contributed by atoms with van der Waals surface area (Å²) in [6, 6.07) is 13.8. The number of hydrogen-bond acceptors (Lipinski definition) is 3. The van der Waals surface area contributed by atoms with E-state index in [1.54, 1.807) is 0 Å². The van der Waals surface area contributed by atoms with Crippen LogP contribution in [0.3, 0.4) is 0 Å². The van der Waals surface area contributed by atoms with Gasteiger partial charge in [0.05, 0.1) is 6.61 Å². The molecular formula is C16H19NO2. The third-order valence-corrected chi connectivity index (χ3v) is 3.19. The smallest absolute Gasteiger partial charge is 0.164 e. The minimum absolute atomic E-state index is 0.0319. The van der Waals surface area contributed by atoms with Gasteiger partial charge in [-0.25, -0.2) is 0 Å². The number of fused-ring (bicyclic) bond motifs is 1. The monoisotopic (exact) mass is 257 g/mol. The highest BCUT2D eigenvalue weighted by Crippen LogP contribution is 2.16.